The van der Waals surface area contributed by atoms with E-state index < -0.39 is 11.9 Å². The Bertz CT molecular complexity index is 959. The quantitative estimate of drug-likeness (QED) is 0.690. The lowest BCUT2D eigenvalue weighted by atomic mass is 9.87. The van der Waals surface area contributed by atoms with Gasteiger partial charge in [-0.3, -0.25) is 4.79 Å². The van der Waals surface area contributed by atoms with Crippen LogP contribution in [0.25, 0.3) is 0 Å². The third-order valence-corrected chi connectivity index (χ3v) is 5.38. The van der Waals surface area contributed by atoms with Gasteiger partial charge in [0.2, 0.25) is 11.9 Å². The number of anilines is 4. The highest BCUT2D eigenvalue weighted by atomic mass is 19.4. The number of aromatic nitrogens is 4. The summed E-state index contributed by atoms with van der Waals surface area (Å²) in [4.78, 5) is 30.0. The van der Waals surface area contributed by atoms with Crippen LogP contribution in [0.15, 0.2) is 12.4 Å². The predicted molar refractivity (Wildman–Crippen MR) is 104 cm³/mol. The topological polar surface area (TPSA) is 108 Å². The van der Waals surface area contributed by atoms with Crippen LogP contribution in [-0.2, 0) is 11.0 Å². The third-order valence-electron chi connectivity index (χ3n) is 5.38. The maximum absolute atomic E-state index is 12.5. The van der Waals surface area contributed by atoms with Gasteiger partial charge >= 0.3 is 6.18 Å². The normalized spacial score (nSPS) is 23.3. The molecule has 1 aliphatic heterocycles. The first-order valence-corrected chi connectivity index (χ1v) is 9.46. The summed E-state index contributed by atoms with van der Waals surface area (Å²) < 4.78 is 37.6. The van der Waals surface area contributed by atoms with Gasteiger partial charge in [-0.05, 0) is 26.7 Å². The van der Waals surface area contributed by atoms with Crippen molar-refractivity contribution < 1.29 is 18.0 Å². The van der Waals surface area contributed by atoms with Crippen molar-refractivity contribution in [1.29, 1.82) is 0 Å². The molecule has 1 amide bonds. The van der Waals surface area contributed by atoms with E-state index in [2.05, 4.69) is 35.9 Å². The molecule has 2 aromatic rings. The molecular formula is C18H21F3N8O. The Labute approximate surface area is 170 Å². The van der Waals surface area contributed by atoms with E-state index in [0.29, 0.717) is 29.0 Å². The molecule has 1 saturated carbocycles. The average Bonchev–Trinajstić information content (AvgIpc) is 2.65. The zero-order chi connectivity index (χ0) is 21.6. The SMILES string of the molecule is Cc1nc(N[C@H]2C[C@@H](Nc3cnc(C(F)(F)F)cn3)C2)nc2c1NC(=O)[C@H](C)N2C. The minimum absolute atomic E-state index is 0.0641. The lowest BCUT2D eigenvalue weighted by Crippen LogP contribution is -2.46. The molecule has 4 rings (SSSR count). The molecule has 30 heavy (non-hydrogen) atoms. The molecule has 1 fully saturated rings. The Hall–Kier alpha value is -3.18. The number of nitrogens with one attached hydrogen (secondary N) is 3. The molecule has 1 aliphatic carbocycles. The zero-order valence-electron chi connectivity index (χ0n) is 16.6. The monoisotopic (exact) mass is 422 g/mol. The maximum Gasteiger partial charge on any atom is 0.434 e. The molecule has 2 aliphatic rings. The van der Waals surface area contributed by atoms with E-state index in [9.17, 15) is 18.0 Å². The number of hydrogen-bond donors (Lipinski definition) is 3. The van der Waals surface area contributed by atoms with Gasteiger partial charge in [-0.25, -0.2) is 15.0 Å². The van der Waals surface area contributed by atoms with Crippen molar-refractivity contribution in [2.45, 2.75) is 51.0 Å². The number of alkyl halides is 3. The largest absolute Gasteiger partial charge is 0.434 e. The average molecular weight is 422 g/mol. The van der Waals surface area contributed by atoms with E-state index in [1.165, 1.54) is 0 Å². The number of likely N-dealkylation sites (N-methyl/N-ethyl adjacent to an activating group) is 1. The summed E-state index contributed by atoms with van der Waals surface area (Å²) in [5.74, 6) is 1.33. The Morgan fingerprint density at radius 2 is 1.83 bits per heavy atom. The van der Waals surface area contributed by atoms with E-state index >= 15 is 0 Å². The molecular weight excluding hydrogens is 401 g/mol. The van der Waals surface area contributed by atoms with Gasteiger partial charge < -0.3 is 20.9 Å². The fraction of sp³-hybridized carbons (Fsp3) is 0.500. The fourth-order valence-corrected chi connectivity index (χ4v) is 3.41. The van der Waals surface area contributed by atoms with Gasteiger partial charge in [0, 0.05) is 19.1 Å². The summed E-state index contributed by atoms with van der Waals surface area (Å²) in [6, 6.07) is -0.153. The summed E-state index contributed by atoms with van der Waals surface area (Å²) in [6.45, 7) is 3.61. The van der Waals surface area contributed by atoms with Crippen LogP contribution in [0.4, 0.5) is 36.4 Å². The highest BCUT2D eigenvalue weighted by Gasteiger charge is 2.34. The maximum atomic E-state index is 12.5. The van der Waals surface area contributed by atoms with E-state index in [4.69, 9.17) is 0 Å². The second-order valence-electron chi connectivity index (χ2n) is 7.55. The standard InChI is InChI=1S/C18H21F3N8O/c1-8-14-15(29(3)9(2)16(30)27-14)28-17(24-8)26-11-4-10(5-11)25-13-7-22-12(6-23-13)18(19,20)21/h6-7,9-11H,4-5H2,1-3H3,(H,23,25)(H,27,30)(H,24,26,28)/t9-,10-,11+/m0/s1. The molecule has 3 heterocycles. The van der Waals surface area contributed by atoms with Gasteiger partial charge in [0.1, 0.15) is 17.5 Å². The molecule has 12 heteroatoms. The first-order chi connectivity index (χ1) is 14.1. The van der Waals surface area contributed by atoms with Gasteiger partial charge in [-0.2, -0.15) is 18.2 Å². The van der Waals surface area contributed by atoms with Gasteiger partial charge in [-0.1, -0.05) is 0 Å². The number of hydrogen-bond acceptors (Lipinski definition) is 8. The Morgan fingerprint density at radius 1 is 1.13 bits per heavy atom. The fourth-order valence-electron chi connectivity index (χ4n) is 3.41. The molecule has 0 radical (unpaired) electrons. The van der Waals surface area contributed by atoms with Crippen LogP contribution in [0.1, 0.15) is 31.2 Å². The first-order valence-electron chi connectivity index (χ1n) is 9.46. The second kappa shape index (κ2) is 7.26. The lowest BCUT2D eigenvalue weighted by molar-refractivity contribution is -0.141. The molecule has 1 atom stereocenters. The summed E-state index contributed by atoms with van der Waals surface area (Å²) in [5.41, 5.74) is 0.264. The minimum atomic E-state index is -4.50. The van der Waals surface area contributed by atoms with E-state index in [0.717, 1.165) is 25.2 Å². The predicted octanol–water partition coefficient (Wildman–Crippen LogP) is 2.43. The van der Waals surface area contributed by atoms with Crippen molar-refractivity contribution in [2.75, 3.05) is 27.9 Å². The van der Waals surface area contributed by atoms with Crippen LogP contribution < -0.4 is 20.9 Å². The molecule has 160 valence electrons. The number of amides is 1. The van der Waals surface area contributed by atoms with E-state index in [1.54, 1.807) is 6.92 Å². The van der Waals surface area contributed by atoms with Crippen molar-refractivity contribution >= 4 is 29.2 Å². The molecule has 0 saturated heterocycles. The molecule has 0 bridgehead atoms. The van der Waals surface area contributed by atoms with Gasteiger partial charge in [0.15, 0.2) is 11.5 Å². The number of rotatable bonds is 4. The zero-order valence-corrected chi connectivity index (χ0v) is 16.6. The molecule has 2 aromatic heterocycles. The minimum Gasteiger partial charge on any atom is -0.366 e. The van der Waals surface area contributed by atoms with Crippen LogP contribution in [0.2, 0.25) is 0 Å². The number of halogens is 3. The second-order valence-corrected chi connectivity index (χ2v) is 7.55. The van der Waals surface area contributed by atoms with Crippen LogP contribution in [0.5, 0.6) is 0 Å². The summed E-state index contributed by atoms with van der Waals surface area (Å²) in [6.07, 6.45) is -1.24. The van der Waals surface area contributed by atoms with Crippen LogP contribution in [0.3, 0.4) is 0 Å². The Morgan fingerprint density at radius 3 is 2.47 bits per heavy atom. The molecule has 0 spiro atoms. The first kappa shape index (κ1) is 20.1. The number of carbonyl (C=O) groups is 1. The van der Waals surface area contributed by atoms with Crippen molar-refractivity contribution in [2.24, 2.45) is 0 Å². The molecule has 3 N–H and O–H groups in total. The van der Waals surface area contributed by atoms with Crippen LogP contribution in [0, 0.1) is 6.92 Å². The summed E-state index contributed by atoms with van der Waals surface area (Å²) >= 11 is 0. The van der Waals surface area contributed by atoms with Crippen molar-refractivity contribution in [1.82, 2.24) is 19.9 Å². The van der Waals surface area contributed by atoms with Crippen molar-refractivity contribution in [3.63, 3.8) is 0 Å². The Kier molecular flexibility index (Phi) is 4.86. The smallest absolute Gasteiger partial charge is 0.366 e. The van der Waals surface area contributed by atoms with Crippen molar-refractivity contribution in [3.8, 4) is 0 Å². The highest BCUT2D eigenvalue weighted by Crippen LogP contribution is 2.33. The van der Waals surface area contributed by atoms with E-state index in [1.807, 2.05) is 18.9 Å². The molecule has 0 aromatic carbocycles. The van der Waals surface area contributed by atoms with Crippen molar-refractivity contribution in [3.05, 3.63) is 23.8 Å². The van der Waals surface area contributed by atoms with Crippen LogP contribution in [-0.4, -0.2) is 51.0 Å². The molecule has 9 nitrogen and oxygen atoms in total. The third kappa shape index (κ3) is 3.81. The summed E-state index contributed by atoms with van der Waals surface area (Å²) in [7, 11) is 1.81. The summed E-state index contributed by atoms with van der Waals surface area (Å²) in [5, 5.41) is 9.19. The van der Waals surface area contributed by atoms with E-state index in [-0.39, 0.29) is 24.0 Å². The van der Waals surface area contributed by atoms with Gasteiger partial charge in [0.05, 0.1) is 18.1 Å². The van der Waals surface area contributed by atoms with Crippen LogP contribution >= 0.6 is 0 Å². The number of carbonyl (C=O) groups excluding carboxylic acids is 1. The number of fused-ring (bicyclic) bond motifs is 1. The highest BCUT2D eigenvalue weighted by molar-refractivity contribution is 6.03. The number of aryl methyl sites for hydroxylation is 1. The molecule has 0 unspecified atom stereocenters. The van der Waals surface area contributed by atoms with Gasteiger partial charge in [0.25, 0.3) is 0 Å². The Balaban J connectivity index is 1.35. The number of nitrogens with zero attached hydrogens (tertiary/aromatic N) is 5. The lowest BCUT2D eigenvalue weighted by Gasteiger charge is -2.37. The van der Waals surface area contributed by atoms with Gasteiger partial charge in [-0.15, -0.1) is 0 Å².